The van der Waals surface area contributed by atoms with Crippen LogP contribution in [-0.2, 0) is 10.0 Å². The molecule has 0 radical (unpaired) electrons. The van der Waals surface area contributed by atoms with Crippen molar-refractivity contribution in [3.8, 4) is 15.6 Å². The van der Waals surface area contributed by atoms with Crippen LogP contribution in [0.15, 0.2) is 40.6 Å². The summed E-state index contributed by atoms with van der Waals surface area (Å²) in [5.41, 5.74) is 0. The number of piperazine rings is 1. The van der Waals surface area contributed by atoms with Gasteiger partial charge < -0.3 is 9.64 Å². The maximum atomic E-state index is 13.1. The fourth-order valence-corrected chi connectivity index (χ4v) is 6.48. The Balaban J connectivity index is 1.49. The molecule has 1 aliphatic heterocycles. The van der Waals surface area contributed by atoms with Gasteiger partial charge in [0.05, 0.1) is 12.0 Å². The van der Waals surface area contributed by atoms with Gasteiger partial charge in [0.15, 0.2) is 5.01 Å². The van der Waals surface area contributed by atoms with Gasteiger partial charge in [-0.1, -0.05) is 29.0 Å². The fraction of sp³-hybridized carbons (Fsp3) is 0.294. The lowest BCUT2D eigenvalue weighted by Gasteiger charge is -2.33. The second-order valence-electron chi connectivity index (χ2n) is 6.05. The third-order valence-electron chi connectivity index (χ3n) is 4.40. The second kappa shape index (κ2) is 7.96. The molecule has 0 spiro atoms. The number of hydrogen-bond acceptors (Lipinski definition) is 8. The van der Waals surface area contributed by atoms with E-state index in [4.69, 9.17) is 16.3 Å². The molecule has 2 aromatic heterocycles. The van der Waals surface area contributed by atoms with Crippen LogP contribution in [0.25, 0.3) is 9.88 Å². The van der Waals surface area contributed by atoms with E-state index >= 15 is 0 Å². The summed E-state index contributed by atoms with van der Waals surface area (Å²) in [6.07, 6.45) is 0. The molecule has 28 heavy (non-hydrogen) atoms. The number of thiophene rings is 1. The van der Waals surface area contributed by atoms with Crippen molar-refractivity contribution in [1.82, 2.24) is 14.5 Å². The Kier molecular flexibility index (Phi) is 5.57. The van der Waals surface area contributed by atoms with Crippen LogP contribution in [0.2, 0.25) is 5.02 Å². The molecule has 7 nitrogen and oxygen atoms in total. The second-order valence-corrected chi connectivity index (χ2v) is 10.3. The molecule has 0 amide bonds. The molecular formula is C17H17ClN4O3S3. The molecule has 0 saturated carbocycles. The van der Waals surface area contributed by atoms with Gasteiger partial charge >= 0.3 is 0 Å². The molecule has 1 aliphatic rings. The zero-order chi connectivity index (χ0) is 19.7. The van der Waals surface area contributed by atoms with Gasteiger partial charge in [0, 0.05) is 31.2 Å². The Hall–Kier alpha value is -1.72. The zero-order valence-corrected chi connectivity index (χ0v) is 18.1. The lowest BCUT2D eigenvalue weighted by molar-refractivity contribution is 0.374. The number of aromatic nitrogens is 2. The van der Waals surface area contributed by atoms with Crippen LogP contribution < -0.4 is 9.64 Å². The van der Waals surface area contributed by atoms with Crippen LogP contribution in [0, 0.1) is 0 Å². The molecule has 0 N–H and O–H groups in total. The first kappa shape index (κ1) is 19.6. The van der Waals surface area contributed by atoms with Crippen molar-refractivity contribution in [2.75, 3.05) is 38.2 Å². The van der Waals surface area contributed by atoms with Crippen molar-refractivity contribution in [2.45, 2.75) is 4.90 Å². The van der Waals surface area contributed by atoms with Crippen LogP contribution >= 0.6 is 34.3 Å². The highest BCUT2D eigenvalue weighted by Gasteiger charge is 2.32. The molecule has 3 aromatic rings. The van der Waals surface area contributed by atoms with E-state index in [9.17, 15) is 8.42 Å². The summed E-state index contributed by atoms with van der Waals surface area (Å²) in [4.78, 5) is 3.24. The number of benzene rings is 1. The average molecular weight is 457 g/mol. The van der Waals surface area contributed by atoms with E-state index in [-0.39, 0.29) is 10.6 Å². The van der Waals surface area contributed by atoms with Gasteiger partial charge in [0.2, 0.25) is 15.2 Å². The van der Waals surface area contributed by atoms with Crippen LogP contribution in [0.3, 0.4) is 0 Å². The van der Waals surface area contributed by atoms with Crippen molar-refractivity contribution in [1.29, 1.82) is 0 Å². The predicted molar refractivity (Wildman–Crippen MR) is 112 cm³/mol. The van der Waals surface area contributed by atoms with Crippen molar-refractivity contribution in [3.05, 3.63) is 40.7 Å². The highest BCUT2D eigenvalue weighted by Crippen LogP contribution is 2.33. The number of hydrogen-bond donors (Lipinski definition) is 0. The highest BCUT2D eigenvalue weighted by atomic mass is 35.5. The van der Waals surface area contributed by atoms with Gasteiger partial charge in [0.1, 0.15) is 10.6 Å². The van der Waals surface area contributed by atoms with Crippen LogP contribution in [0.1, 0.15) is 0 Å². The van der Waals surface area contributed by atoms with Gasteiger partial charge in [-0.15, -0.1) is 21.5 Å². The minimum absolute atomic E-state index is 0.0897. The highest BCUT2D eigenvalue weighted by molar-refractivity contribution is 7.89. The van der Waals surface area contributed by atoms with E-state index in [0.29, 0.717) is 31.2 Å². The van der Waals surface area contributed by atoms with E-state index in [1.54, 1.807) is 23.5 Å². The Morgan fingerprint density at radius 3 is 2.61 bits per heavy atom. The Morgan fingerprint density at radius 2 is 1.93 bits per heavy atom. The van der Waals surface area contributed by atoms with E-state index in [1.165, 1.54) is 28.8 Å². The van der Waals surface area contributed by atoms with Gasteiger partial charge in [-0.05, 0) is 29.6 Å². The van der Waals surface area contributed by atoms with Gasteiger partial charge in [-0.25, -0.2) is 8.42 Å². The SMILES string of the molecule is COc1ccc(Cl)cc1S(=O)(=O)N1CCN(c2nnc(-c3cccs3)s2)CC1. The summed E-state index contributed by atoms with van der Waals surface area (Å²) in [5, 5.41) is 12.6. The zero-order valence-electron chi connectivity index (χ0n) is 14.9. The number of ether oxygens (including phenoxy) is 1. The normalized spacial score (nSPS) is 15.7. The maximum absolute atomic E-state index is 13.1. The average Bonchev–Trinajstić information content (AvgIpc) is 3.40. The van der Waals surface area contributed by atoms with Crippen LogP contribution in [0.5, 0.6) is 5.75 Å². The number of halogens is 1. The molecule has 0 bridgehead atoms. The molecule has 148 valence electrons. The third kappa shape index (κ3) is 3.74. The monoisotopic (exact) mass is 456 g/mol. The molecule has 1 saturated heterocycles. The van der Waals surface area contributed by atoms with Gasteiger partial charge in [-0.3, -0.25) is 0 Å². The summed E-state index contributed by atoms with van der Waals surface area (Å²) in [7, 11) is -2.25. The van der Waals surface area contributed by atoms with Gasteiger partial charge in [0.25, 0.3) is 0 Å². The number of rotatable bonds is 5. The van der Waals surface area contributed by atoms with E-state index in [2.05, 4.69) is 15.1 Å². The summed E-state index contributed by atoms with van der Waals surface area (Å²) in [6.45, 7) is 1.79. The minimum Gasteiger partial charge on any atom is -0.495 e. The largest absolute Gasteiger partial charge is 0.495 e. The van der Waals surface area contributed by atoms with Crippen molar-refractivity contribution in [3.63, 3.8) is 0 Å². The molecule has 1 fully saturated rings. The molecule has 4 rings (SSSR count). The lowest BCUT2D eigenvalue weighted by atomic mass is 10.3. The number of nitrogens with zero attached hydrogens (tertiary/aromatic N) is 4. The van der Waals surface area contributed by atoms with E-state index in [0.717, 1.165) is 15.0 Å². The Morgan fingerprint density at radius 1 is 1.14 bits per heavy atom. The summed E-state index contributed by atoms with van der Waals surface area (Å²) in [5.74, 6) is 0.288. The fourth-order valence-electron chi connectivity index (χ4n) is 2.95. The first-order chi connectivity index (χ1) is 13.5. The maximum Gasteiger partial charge on any atom is 0.246 e. The number of sulfonamides is 1. The van der Waals surface area contributed by atoms with Crippen molar-refractivity contribution < 1.29 is 13.2 Å². The minimum atomic E-state index is -3.70. The predicted octanol–water partition coefficient (Wildman–Crippen LogP) is 3.44. The van der Waals surface area contributed by atoms with E-state index in [1.807, 2.05) is 17.5 Å². The van der Waals surface area contributed by atoms with Crippen molar-refractivity contribution in [2.24, 2.45) is 0 Å². The smallest absolute Gasteiger partial charge is 0.246 e. The van der Waals surface area contributed by atoms with E-state index < -0.39 is 10.0 Å². The molecule has 0 aliphatic carbocycles. The van der Waals surface area contributed by atoms with Crippen LogP contribution in [-0.4, -0.2) is 56.2 Å². The molecule has 0 unspecified atom stereocenters. The molecule has 3 heterocycles. The Bertz CT molecular complexity index is 1060. The molecular weight excluding hydrogens is 440 g/mol. The molecule has 11 heteroatoms. The first-order valence-corrected chi connectivity index (χ1v) is 12.0. The number of methoxy groups -OCH3 is 1. The quantitative estimate of drug-likeness (QED) is 0.585. The molecule has 0 atom stereocenters. The summed E-state index contributed by atoms with van der Waals surface area (Å²) < 4.78 is 32.8. The standard InChI is InChI=1S/C17H17ClN4O3S3/c1-25-13-5-4-12(18)11-15(13)28(23,24)22-8-6-21(7-9-22)17-20-19-16(27-17)14-3-2-10-26-14/h2-5,10-11H,6-9H2,1H3. The number of anilines is 1. The van der Waals surface area contributed by atoms with Crippen LogP contribution in [0.4, 0.5) is 5.13 Å². The van der Waals surface area contributed by atoms with Crippen molar-refractivity contribution >= 4 is 49.4 Å². The topological polar surface area (TPSA) is 75.6 Å². The van der Waals surface area contributed by atoms with Gasteiger partial charge in [-0.2, -0.15) is 4.31 Å². The summed E-state index contributed by atoms with van der Waals surface area (Å²) in [6, 6.07) is 8.60. The summed E-state index contributed by atoms with van der Waals surface area (Å²) >= 11 is 9.15. The lowest BCUT2D eigenvalue weighted by Crippen LogP contribution is -2.48. The first-order valence-electron chi connectivity index (χ1n) is 8.45. The Labute approximate surface area is 176 Å². The molecule has 1 aromatic carbocycles. The third-order valence-corrected chi connectivity index (χ3v) is 8.58.